The van der Waals surface area contributed by atoms with Gasteiger partial charge in [-0.25, -0.2) is 8.78 Å². The number of fused-ring (bicyclic) bond motifs is 1. The van der Waals surface area contributed by atoms with Gasteiger partial charge < -0.3 is 9.47 Å². The predicted molar refractivity (Wildman–Crippen MR) is 155 cm³/mol. The summed E-state index contributed by atoms with van der Waals surface area (Å²) < 4.78 is 69.5. The molecule has 0 aromatic heterocycles. The van der Waals surface area contributed by atoms with Crippen LogP contribution in [0.2, 0.25) is 0 Å². The van der Waals surface area contributed by atoms with Crippen molar-refractivity contribution in [2.75, 3.05) is 13.2 Å². The van der Waals surface area contributed by atoms with Crippen LogP contribution in [-0.2, 0) is 0 Å². The third-order valence-corrected chi connectivity index (χ3v) is 9.91. The topological polar surface area (TPSA) is 18.5 Å². The van der Waals surface area contributed by atoms with Gasteiger partial charge in [0.1, 0.15) is 6.61 Å². The first-order valence-electron chi connectivity index (χ1n) is 15.3. The summed E-state index contributed by atoms with van der Waals surface area (Å²) in [5.41, 5.74) is 0.259. The lowest BCUT2D eigenvalue weighted by Gasteiger charge is -2.47. The molecule has 2 fully saturated rings. The molecule has 0 saturated heterocycles. The van der Waals surface area contributed by atoms with Gasteiger partial charge in [0.15, 0.2) is 23.1 Å². The quantitative estimate of drug-likeness (QED) is 0.279. The highest BCUT2D eigenvalue weighted by atomic mass is 19.2. The molecule has 0 aliphatic heterocycles. The monoisotopic (exact) mass is 570 g/mol. The predicted octanol–water partition coefficient (Wildman–Crippen LogP) is 10.2. The minimum absolute atomic E-state index is 0.0997. The van der Waals surface area contributed by atoms with Gasteiger partial charge >= 0.3 is 0 Å². The Morgan fingerprint density at radius 1 is 0.780 bits per heavy atom. The molecule has 0 amide bonds. The number of benzene rings is 2. The molecule has 5 atom stereocenters. The molecular formula is C35H42F4O2. The first-order valence-corrected chi connectivity index (χ1v) is 15.3. The summed E-state index contributed by atoms with van der Waals surface area (Å²) in [6.07, 6.45) is 18.2. The van der Waals surface area contributed by atoms with Gasteiger partial charge in [0.2, 0.25) is 11.6 Å². The van der Waals surface area contributed by atoms with E-state index >= 15 is 0 Å². The standard InChI is InChI=1S/C35H42F4O2/c1-4-6-22-7-8-25-20-26(10-9-24(25)19-22)35(3)17-15-23(16-18-35)21-41-30-14-12-28(32(37)34(30)39)27-11-13-29(40-5-2)33(38)31(27)36/h11-17,22,24-26H,4-10,18-21H2,1-3H3. The molecule has 6 heteroatoms. The van der Waals surface area contributed by atoms with Crippen LogP contribution in [0, 0.1) is 52.4 Å². The van der Waals surface area contributed by atoms with Gasteiger partial charge in [-0.15, -0.1) is 0 Å². The molecule has 2 aromatic carbocycles. The van der Waals surface area contributed by atoms with E-state index in [4.69, 9.17) is 9.47 Å². The molecule has 0 bridgehead atoms. The Morgan fingerprint density at radius 3 is 2.02 bits per heavy atom. The van der Waals surface area contributed by atoms with Gasteiger partial charge in [-0.2, -0.15) is 8.78 Å². The first-order chi connectivity index (χ1) is 19.7. The smallest absolute Gasteiger partial charge is 0.201 e. The van der Waals surface area contributed by atoms with Crippen LogP contribution in [0.15, 0.2) is 48.1 Å². The Balaban J connectivity index is 1.19. The Labute approximate surface area is 241 Å². The van der Waals surface area contributed by atoms with E-state index in [1.807, 2.05) is 0 Å². The third-order valence-electron chi connectivity index (χ3n) is 9.91. The van der Waals surface area contributed by atoms with E-state index in [1.54, 1.807) is 6.92 Å². The van der Waals surface area contributed by atoms with Gasteiger partial charge in [-0.3, -0.25) is 0 Å². The molecular weight excluding hydrogens is 528 g/mol. The second-order valence-corrected chi connectivity index (χ2v) is 12.5. The van der Waals surface area contributed by atoms with Gasteiger partial charge in [0, 0.05) is 11.1 Å². The maximum Gasteiger partial charge on any atom is 0.201 e. The van der Waals surface area contributed by atoms with Crippen molar-refractivity contribution in [2.24, 2.45) is 29.1 Å². The van der Waals surface area contributed by atoms with Crippen LogP contribution in [0.5, 0.6) is 11.5 Å². The summed E-state index contributed by atoms with van der Waals surface area (Å²) in [4.78, 5) is 0. The molecule has 0 heterocycles. The van der Waals surface area contributed by atoms with Crippen LogP contribution in [0.1, 0.15) is 78.6 Å². The van der Waals surface area contributed by atoms with E-state index < -0.39 is 23.3 Å². The average Bonchev–Trinajstić information content (AvgIpc) is 2.98. The zero-order valence-corrected chi connectivity index (χ0v) is 24.5. The molecule has 2 saturated carbocycles. The Hall–Kier alpha value is -2.76. The normalized spacial score (nSPS) is 27.7. The highest BCUT2D eigenvalue weighted by Crippen LogP contribution is 2.52. The van der Waals surface area contributed by atoms with Crippen molar-refractivity contribution in [1.29, 1.82) is 0 Å². The minimum Gasteiger partial charge on any atom is -0.491 e. The number of rotatable bonds is 9. The Kier molecular flexibility index (Phi) is 9.15. The maximum atomic E-state index is 15.0. The van der Waals surface area contributed by atoms with E-state index in [0.29, 0.717) is 5.92 Å². The lowest BCUT2D eigenvalue weighted by molar-refractivity contribution is 0.0560. The van der Waals surface area contributed by atoms with Crippen LogP contribution >= 0.6 is 0 Å². The van der Waals surface area contributed by atoms with Gasteiger partial charge in [-0.05, 0) is 104 Å². The molecule has 2 aromatic rings. The lowest BCUT2D eigenvalue weighted by atomic mass is 9.58. The summed E-state index contributed by atoms with van der Waals surface area (Å²) in [6, 6.07) is 4.85. The fourth-order valence-corrected chi connectivity index (χ4v) is 7.47. The summed E-state index contributed by atoms with van der Waals surface area (Å²) in [7, 11) is 0. The first kappa shape index (κ1) is 29.7. The van der Waals surface area contributed by atoms with Crippen LogP contribution in [0.3, 0.4) is 0 Å². The molecule has 3 aliphatic rings. The molecule has 2 nitrogen and oxygen atoms in total. The van der Waals surface area contributed by atoms with Crippen LogP contribution in [0.25, 0.3) is 11.1 Å². The maximum absolute atomic E-state index is 15.0. The number of allylic oxidation sites excluding steroid dienone is 2. The molecule has 222 valence electrons. The van der Waals surface area contributed by atoms with E-state index in [9.17, 15) is 17.6 Å². The molecule has 0 N–H and O–H groups in total. The second-order valence-electron chi connectivity index (χ2n) is 12.5. The summed E-state index contributed by atoms with van der Waals surface area (Å²) in [6.45, 7) is 6.54. The molecule has 0 spiro atoms. The summed E-state index contributed by atoms with van der Waals surface area (Å²) in [5, 5.41) is 0. The van der Waals surface area contributed by atoms with E-state index in [2.05, 4.69) is 32.1 Å². The summed E-state index contributed by atoms with van der Waals surface area (Å²) in [5.74, 6) is -2.24. The molecule has 5 rings (SSSR count). The molecule has 5 unspecified atom stereocenters. The van der Waals surface area contributed by atoms with E-state index in [0.717, 1.165) is 29.7 Å². The average molecular weight is 571 g/mol. The number of halogens is 4. The van der Waals surface area contributed by atoms with Crippen molar-refractivity contribution in [2.45, 2.75) is 78.6 Å². The minimum atomic E-state index is -1.29. The second kappa shape index (κ2) is 12.6. The van der Waals surface area contributed by atoms with E-state index in [-0.39, 0.29) is 41.3 Å². The van der Waals surface area contributed by atoms with Crippen LogP contribution in [0.4, 0.5) is 17.6 Å². The highest BCUT2D eigenvalue weighted by molar-refractivity contribution is 5.67. The van der Waals surface area contributed by atoms with Crippen molar-refractivity contribution < 1.29 is 27.0 Å². The van der Waals surface area contributed by atoms with Gasteiger partial charge in [0.05, 0.1) is 6.61 Å². The Morgan fingerprint density at radius 2 is 1.41 bits per heavy atom. The SMILES string of the molecule is CCCC1CCC2CC(C3(C)C=CC(COc4ccc(-c5ccc(OCC)c(F)c5F)c(F)c4F)=CC3)CCC2C1. The summed E-state index contributed by atoms with van der Waals surface area (Å²) >= 11 is 0. The van der Waals surface area contributed by atoms with Crippen molar-refractivity contribution >= 4 is 0 Å². The van der Waals surface area contributed by atoms with Crippen molar-refractivity contribution in [3.8, 4) is 22.6 Å². The molecule has 41 heavy (non-hydrogen) atoms. The number of hydrogen-bond donors (Lipinski definition) is 0. The lowest BCUT2D eigenvalue weighted by Crippen LogP contribution is -2.37. The zero-order valence-electron chi connectivity index (χ0n) is 24.5. The zero-order chi connectivity index (χ0) is 29.1. The molecule has 3 aliphatic carbocycles. The van der Waals surface area contributed by atoms with E-state index in [1.165, 1.54) is 75.6 Å². The highest BCUT2D eigenvalue weighted by Gasteiger charge is 2.41. The largest absolute Gasteiger partial charge is 0.491 e. The van der Waals surface area contributed by atoms with Crippen molar-refractivity contribution in [3.05, 3.63) is 71.3 Å². The fraction of sp³-hybridized carbons (Fsp3) is 0.543. The number of hydrogen-bond acceptors (Lipinski definition) is 2. The third kappa shape index (κ3) is 6.22. The molecule has 0 radical (unpaired) electrons. The van der Waals surface area contributed by atoms with Crippen LogP contribution < -0.4 is 9.47 Å². The van der Waals surface area contributed by atoms with Crippen LogP contribution in [-0.4, -0.2) is 13.2 Å². The number of ether oxygens (including phenoxy) is 2. The van der Waals surface area contributed by atoms with Crippen molar-refractivity contribution in [3.63, 3.8) is 0 Å². The Bertz CT molecular complexity index is 1300. The van der Waals surface area contributed by atoms with Gasteiger partial charge in [-0.1, -0.05) is 51.3 Å². The van der Waals surface area contributed by atoms with Crippen molar-refractivity contribution in [1.82, 2.24) is 0 Å². The van der Waals surface area contributed by atoms with Gasteiger partial charge in [0.25, 0.3) is 0 Å². The fourth-order valence-electron chi connectivity index (χ4n) is 7.47.